The van der Waals surface area contributed by atoms with E-state index in [-0.39, 0.29) is 17.0 Å². The van der Waals surface area contributed by atoms with Crippen LogP contribution in [0.4, 0.5) is 0 Å². The minimum atomic E-state index is -3.92. The lowest BCUT2D eigenvalue weighted by molar-refractivity contribution is -0.121. The van der Waals surface area contributed by atoms with E-state index in [1.54, 1.807) is 24.3 Å². The van der Waals surface area contributed by atoms with Crippen LogP contribution in [0.25, 0.3) is 0 Å². The summed E-state index contributed by atoms with van der Waals surface area (Å²) in [5, 5.41) is 9.71. The summed E-state index contributed by atoms with van der Waals surface area (Å²) in [6.07, 6.45) is 0. The average molecular weight is 364 g/mol. The number of benzene rings is 2. The van der Waals surface area contributed by atoms with Crippen molar-refractivity contribution in [1.82, 2.24) is 4.72 Å². The van der Waals surface area contributed by atoms with Crippen LogP contribution in [0.5, 0.6) is 5.75 Å². The minimum absolute atomic E-state index is 0.0610. The minimum Gasteiger partial charge on any atom is -0.507 e. The van der Waals surface area contributed by atoms with E-state index in [4.69, 9.17) is 5.73 Å². The quantitative estimate of drug-likeness (QED) is 0.613. The topological polar surface area (TPSA) is 136 Å². The molecular formula is C16H16N2O6S. The van der Waals surface area contributed by atoms with E-state index in [0.717, 1.165) is 23.8 Å². The number of phenols is 1. The Morgan fingerprint density at radius 2 is 1.80 bits per heavy atom. The van der Waals surface area contributed by atoms with E-state index >= 15 is 0 Å². The Labute approximate surface area is 144 Å². The zero-order valence-corrected chi connectivity index (χ0v) is 13.8. The number of phenolic OH excluding ortho intramolecular Hbond substituents is 1. The smallest absolute Gasteiger partial charge is 0.342 e. The second kappa shape index (κ2) is 7.77. The monoisotopic (exact) mass is 364 g/mol. The molecule has 0 spiro atoms. The van der Waals surface area contributed by atoms with Crippen molar-refractivity contribution >= 4 is 21.9 Å². The number of primary amides is 1. The van der Waals surface area contributed by atoms with Gasteiger partial charge in [-0.1, -0.05) is 30.3 Å². The summed E-state index contributed by atoms with van der Waals surface area (Å²) in [6.45, 7) is -0.618. The van der Waals surface area contributed by atoms with Crippen molar-refractivity contribution in [2.75, 3.05) is 6.61 Å². The van der Waals surface area contributed by atoms with Crippen molar-refractivity contribution in [2.45, 2.75) is 11.4 Å². The molecule has 2 aromatic rings. The molecule has 0 heterocycles. The number of hydrogen-bond acceptors (Lipinski definition) is 6. The molecule has 0 saturated heterocycles. The summed E-state index contributed by atoms with van der Waals surface area (Å²) in [4.78, 5) is 22.2. The number of carbonyl (C=O) groups is 2. The molecule has 0 aliphatic heterocycles. The van der Waals surface area contributed by atoms with E-state index in [1.165, 1.54) is 0 Å². The Morgan fingerprint density at radius 3 is 2.44 bits per heavy atom. The van der Waals surface area contributed by atoms with E-state index in [2.05, 4.69) is 9.46 Å². The maximum Gasteiger partial charge on any atom is 0.342 e. The Morgan fingerprint density at radius 1 is 1.12 bits per heavy atom. The standard InChI is InChI=1S/C16H16N2O6S/c17-15(20)10-24-16(21)13-8-12(6-7-14(13)19)25(22,23)18-9-11-4-2-1-3-5-11/h1-8,18-19H,9-10H2,(H2,17,20). The van der Waals surface area contributed by atoms with E-state index < -0.39 is 34.3 Å². The van der Waals surface area contributed by atoms with Crippen LogP contribution in [0.3, 0.4) is 0 Å². The normalized spacial score (nSPS) is 11.0. The fourth-order valence-electron chi connectivity index (χ4n) is 1.92. The molecule has 0 radical (unpaired) electrons. The van der Waals surface area contributed by atoms with Gasteiger partial charge < -0.3 is 15.6 Å². The lowest BCUT2D eigenvalue weighted by Gasteiger charge is -2.10. The van der Waals surface area contributed by atoms with Crippen LogP contribution in [0.15, 0.2) is 53.4 Å². The first kappa shape index (κ1) is 18.4. The molecule has 0 aromatic heterocycles. The molecule has 0 aliphatic rings. The van der Waals surface area contributed by atoms with Gasteiger partial charge in [0.1, 0.15) is 11.3 Å². The maximum absolute atomic E-state index is 12.3. The predicted octanol–water partition coefficient (Wildman–Crippen LogP) is 0.513. The number of sulfonamides is 1. The molecular weight excluding hydrogens is 348 g/mol. The predicted molar refractivity (Wildman–Crippen MR) is 88.1 cm³/mol. The van der Waals surface area contributed by atoms with Gasteiger partial charge in [0.2, 0.25) is 10.0 Å². The van der Waals surface area contributed by atoms with Gasteiger partial charge in [0, 0.05) is 6.54 Å². The number of rotatable bonds is 7. The van der Waals surface area contributed by atoms with Crippen LogP contribution in [0.2, 0.25) is 0 Å². The molecule has 8 nitrogen and oxygen atoms in total. The third-order valence-electron chi connectivity index (χ3n) is 3.15. The first-order valence-electron chi connectivity index (χ1n) is 7.11. The van der Waals surface area contributed by atoms with Gasteiger partial charge in [0.05, 0.1) is 4.90 Å². The van der Waals surface area contributed by atoms with Gasteiger partial charge in [0.15, 0.2) is 6.61 Å². The molecule has 0 bridgehead atoms. The van der Waals surface area contributed by atoms with Crippen molar-refractivity contribution < 1.29 is 27.9 Å². The van der Waals surface area contributed by atoms with Gasteiger partial charge in [-0.3, -0.25) is 4.79 Å². The van der Waals surface area contributed by atoms with E-state index in [0.29, 0.717) is 0 Å². The van der Waals surface area contributed by atoms with Crippen molar-refractivity contribution in [3.8, 4) is 5.75 Å². The number of amides is 1. The van der Waals surface area contributed by atoms with Gasteiger partial charge in [-0.15, -0.1) is 0 Å². The molecule has 9 heteroatoms. The van der Waals surface area contributed by atoms with Crippen LogP contribution < -0.4 is 10.5 Å². The molecule has 2 aromatic carbocycles. The summed E-state index contributed by atoms with van der Waals surface area (Å²) in [5.41, 5.74) is 5.24. The number of hydrogen-bond donors (Lipinski definition) is 3. The number of nitrogens with one attached hydrogen (secondary N) is 1. The van der Waals surface area contributed by atoms with Gasteiger partial charge in [-0.05, 0) is 23.8 Å². The van der Waals surface area contributed by atoms with E-state index in [9.17, 15) is 23.1 Å². The maximum atomic E-state index is 12.3. The summed E-state index contributed by atoms with van der Waals surface area (Å²) in [7, 11) is -3.92. The molecule has 1 amide bonds. The van der Waals surface area contributed by atoms with Crippen molar-refractivity contribution in [3.05, 3.63) is 59.7 Å². The lowest BCUT2D eigenvalue weighted by Crippen LogP contribution is -2.24. The number of nitrogens with two attached hydrogens (primary N) is 1. The van der Waals surface area contributed by atoms with Gasteiger partial charge in [0.25, 0.3) is 5.91 Å². The SMILES string of the molecule is NC(=O)COC(=O)c1cc(S(=O)(=O)NCc2ccccc2)ccc1O. The molecule has 0 fully saturated rings. The second-order valence-corrected chi connectivity index (χ2v) is 6.80. The number of esters is 1. The second-order valence-electron chi connectivity index (χ2n) is 5.03. The van der Waals surface area contributed by atoms with Crippen LogP contribution in [0.1, 0.15) is 15.9 Å². The number of ether oxygens (including phenoxy) is 1. The third kappa shape index (κ3) is 5.03. The Balaban J connectivity index is 2.19. The summed E-state index contributed by atoms with van der Waals surface area (Å²) in [5.74, 6) is -2.41. The average Bonchev–Trinajstić information content (AvgIpc) is 2.59. The fourth-order valence-corrected chi connectivity index (χ4v) is 2.96. The van der Waals surface area contributed by atoms with E-state index in [1.807, 2.05) is 6.07 Å². The van der Waals surface area contributed by atoms with Gasteiger partial charge >= 0.3 is 5.97 Å². The summed E-state index contributed by atoms with van der Waals surface area (Å²) < 4.78 is 31.6. The molecule has 2 rings (SSSR count). The lowest BCUT2D eigenvalue weighted by atomic mass is 10.2. The van der Waals surface area contributed by atoms with Crippen molar-refractivity contribution in [2.24, 2.45) is 5.73 Å². The number of carbonyl (C=O) groups excluding carboxylic acids is 2. The molecule has 25 heavy (non-hydrogen) atoms. The summed E-state index contributed by atoms with van der Waals surface area (Å²) >= 11 is 0. The third-order valence-corrected chi connectivity index (χ3v) is 4.55. The van der Waals surface area contributed by atoms with Crippen LogP contribution >= 0.6 is 0 Å². The Bertz CT molecular complexity index is 881. The molecule has 0 atom stereocenters. The highest BCUT2D eigenvalue weighted by Crippen LogP contribution is 2.22. The highest BCUT2D eigenvalue weighted by molar-refractivity contribution is 7.89. The molecule has 0 aliphatic carbocycles. The number of aromatic hydroxyl groups is 1. The first-order chi connectivity index (χ1) is 11.8. The van der Waals surface area contributed by atoms with Crippen LogP contribution in [0, 0.1) is 0 Å². The van der Waals surface area contributed by atoms with Crippen LogP contribution in [-0.2, 0) is 26.1 Å². The highest BCUT2D eigenvalue weighted by atomic mass is 32.2. The van der Waals surface area contributed by atoms with Gasteiger partial charge in [-0.2, -0.15) is 0 Å². The zero-order valence-electron chi connectivity index (χ0n) is 13.0. The Kier molecular flexibility index (Phi) is 5.73. The molecule has 0 saturated carbocycles. The molecule has 132 valence electrons. The summed E-state index contributed by atoms with van der Waals surface area (Å²) in [6, 6.07) is 12.0. The van der Waals surface area contributed by atoms with Crippen molar-refractivity contribution in [3.63, 3.8) is 0 Å². The van der Waals surface area contributed by atoms with Crippen molar-refractivity contribution in [1.29, 1.82) is 0 Å². The largest absolute Gasteiger partial charge is 0.507 e. The molecule has 4 N–H and O–H groups in total. The zero-order chi connectivity index (χ0) is 18.4. The highest BCUT2D eigenvalue weighted by Gasteiger charge is 2.20. The fraction of sp³-hybridized carbons (Fsp3) is 0.125. The first-order valence-corrected chi connectivity index (χ1v) is 8.60. The Hall–Kier alpha value is -2.91. The van der Waals surface area contributed by atoms with Crippen LogP contribution in [-0.4, -0.2) is 32.0 Å². The molecule has 0 unspecified atom stereocenters. The van der Waals surface area contributed by atoms with Gasteiger partial charge in [-0.25, -0.2) is 17.9 Å².